The van der Waals surface area contributed by atoms with Crippen LogP contribution in [0.1, 0.15) is 47.5 Å². The summed E-state index contributed by atoms with van der Waals surface area (Å²) in [6.45, 7) is 10.7. The number of nitrogens with zero attached hydrogens (tertiary/aromatic N) is 1. The lowest BCUT2D eigenvalue weighted by atomic mass is 9.79. The predicted molar refractivity (Wildman–Crippen MR) is 70.5 cm³/mol. The summed E-state index contributed by atoms with van der Waals surface area (Å²) in [6.07, 6.45) is 1.60. The maximum atomic E-state index is 12.3. The molecular formula is C13H23N3O2. The van der Waals surface area contributed by atoms with Gasteiger partial charge in [0.1, 0.15) is 0 Å². The number of nitrogens with one attached hydrogen (secondary N) is 2. The monoisotopic (exact) mass is 253 g/mol. The lowest BCUT2D eigenvalue weighted by Gasteiger charge is -2.33. The third kappa shape index (κ3) is 1.90. The average molecular weight is 253 g/mol. The van der Waals surface area contributed by atoms with Crippen molar-refractivity contribution < 1.29 is 9.53 Å². The first-order valence-electron chi connectivity index (χ1n) is 6.57. The van der Waals surface area contributed by atoms with Crippen molar-refractivity contribution in [3.63, 3.8) is 0 Å². The van der Waals surface area contributed by atoms with E-state index in [9.17, 15) is 4.79 Å². The SMILES string of the molecule is CCCN=C1NC(=O)C2(CC(C)(C)OC2(C)C)N1. The van der Waals surface area contributed by atoms with Crippen LogP contribution >= 0.6 is 0 Å². The number of aliphatic imine (C=N–C) groups is 1. The Labute approximate surface area is 108 Å². The van der Waals surface area contributed by atoms with Gasteiger partial charge in [-0.25, -0.2) is 0 Å². The van der Waals surface area contributed by atoms with Crippen LogP contribution in [0.15, 0.2) is 4.99 Å². The fraction of sp³-hybridized carbons (Fsp3) is 0.846. The lowest BCUT2D eigenvalue weighted by Crippen LogP contribution is -2.59. The standard InChI is InChI=1S/C13H23N3O2/c1-6-7-14-10-15-9(17)13(16-10)8-11(2,3)18-12(13,4)5/h6-8H2,1-5H3,(H2,14,15,16,17). The van der Waals surface area contributed by atoms with Crippen LogP contribution in [0, 0.1) is 0 Å². The van der Waals surface area contributed by atoms with Crippen LogP contribution in [0.4, 0.5) is 0 Å². The van der Waals surface area contributed by atoms with Crippen LogP contribution in [0.5, 0.6) is 0 Å². The summed E-state index contributed by atoms with van der Waals surface area (Å²) < 4.78 is 6.02. The topological polar surface area (TPSA) is 62.7 Å². The highest BCUT2D eigenvalue weighted by atomic mass is 16.5. The van der Waals surface area contributed by atoms with E-state index >= 15 is 0 Å². The number of amides is 1. The minimum Gasteiger partial charge on any atom is -0.367 e. The number of hydrogen-bond acceptors (Lipinski definition) is 3. The van der Waals surface area contributed by atoms with Gasteiger partial charge >= 0.3 is 0 Å². The van der Waals surface area contributed by atoms with Crippen LogP contribution in [-0.2, 0) is 9.53 Å². The van der Waals surface area contributed by atoms with Crippen molar-refractivity contribution in [2.45, 2.75) is 64.2 Å². The van der Waals surface area contributed by atoms with Crippen LogP contribution in [-0.4, -0.2) is 35.2 Å². The zero-order valence-electron chi connectivity index (χ0n) is 11.9. The third-order valence-corrected chi connectivity index (χ3v) is 3.69. The van der Waals surface area contributed by atoms with E-state index in [1.54, 1.807) is 0 Å². The van der Waals surface area contributed by atoms with Crippen LogP contribution in [0.2, 0.25) is 0 Å². The molecule has 102 valence electrons. The minimum absolute atomic E-state index is 0.0343. The highest BCUT2D eigenvalue weighted by molar-refractivity contribution is 6.10. The molecule has 2 aliphatic rings. The summed E-state index contributed by atoms with van der Waals surface area (Å²) >= 11 is 0. The van der Waals surface area contributed by atoms with E-state index in [4.69, 9.17) is 4.74 Å². The second-order valence-electron chi connectivity index (χ2n) is 6.26. The van der Waals surface area contributed by atoms with Crippen molar-refractivity contribution in [1.29, 1.82) is 0 Å². The van der Waals surface area contributed by atoms with Gasteiger partial charge in [0.15, 0.2) is 11.5 Å². The molecule has 18 heavy (non-hydrogen) atoms. The van der Waals surface area contributed by atoms with E-state index in [0.717, 1.165) is 6.42 Å². The van der Waals surface area contributed by atoms with Gasteiger partial charge < -0.3 is 10.1 Å². The van der Waals surface area contributed by atoms with E-state index in [-0.39, 0.29) is 11.5 Å². The van der Waals surface area contributed by atoms with Crippen LogP contribution in [0.3, 0.4) is 0 Å². The molecule has 0 bridgehead atoms. The number of carbonyl (C=O) groups excluding carboxylic acids is 1. The van der Waals surface area contributed by atoms with Crippen molar-refractivity contribution in [1.82, 2.24) is 10.6 Å². The Balaban J connectivity index is 2.30. The molecule has 2 N–H and O–H groups in total. The molecule has 5 heteroatoms. The quantitative estimate of drug-likeness (QED) is 0.777. The summed E-state index contributed by atoms with van der Waals surface area (Å²) in [7, 11) is 0. The first kappa shape index (κ1) is 13.3. The minimum atomic E-state index is -0.705. The summed E-state index contributed by atoms with van der Waals surface area (Å²) in [6, 6.07) is 0. The molecule has 2 heterocycles. The summed E-state index contributed by atoms with van der Waals surface area (Å²) in [5.41, 5.74) is -1.57. The lowest BCUT2D eigenvalue weighted by molar-refractivity contribution is -0.131. The summed E-state index contributed by atoms with van der Waals surface area (Å²) in [4.78, 5) is 16.7. The van der Waals surface area contributed by atoms with Gasteiger partial charge in [0.05, 0.1) is 11.2 Å². The molecule has 0 aromatic carbocycles. The molecule has 0 saturated carbocycles. The van der Waals surface area contributed by atoms with Crippen LogP contribution in [0.25, 0.3) is 0 Å². The zero-order valence-corrected chi connectivity index (χ0v) is 11.9. The maximum Gasteiger partial charge on any atom is 0.255 e. The number of ether oxygens (including phenoxy) is 1. The fourth-order valence-corrected chi connectivity index (χ4v) is 3.02. The smallest absolute Gasteiger partial charge is 0.255 e. The summed E-state index contributed by atoms with van der Waals surface area (Å²) in [5, 5.41) is 6.10. The Bertz CT molecular complexity index is 401. The molecule has 5 nitrogen and oxygen atoms in total. The normalized spacial score (nSPS) is 34.9. The van der Waals surface area contributed by atoms with Gasteiger partial charge in [-0.2, -0.15) is 0 Å². The fourth-order valence-electron chi connectivity index (χ4n) is 3.02. The molecule has 2 saturated heterocycles. The van der Waals surface area contributed by atoms with Gasteiger partial charge in [0.2, 0.25) is 0 Å². The van der Waals surface area contributed by atoms with Crippen molar-refractivity contribution >= 4 is 11.9 Å². The van der Waals surface area contributed by atoms with Crippen molar-refractivity contribution in [3.05, 3.63) is 0 Å². The van der Waals surface area contributed by atoms with Crippen molar-refractivity contribution in [3.8, 4) is 0 Å². The highest BCUT2D eigenvalue weighted by Crippen LogP contribution is 2.46. The Kier molecular flexibility index (Phi) is 2.93. The Hall–Kier alpha value is -1.10. The van der Waals surface area contributed by atoms with E-state index in [2.05, 4.69) is 22.5 Å². The van der Waals surface area contributed by atoms with Gasteiger partial charge in [0.25, 0.3) is 5.91 Å². The molecular weight excluding hydrogens is 230 g/mol. The molecule has 0 radical (unpaired) electrons. The second-order valence-corrected chi connectivity index (χ2v) is 6.26. The Morgan fingerprint density at radius 1 is 1.33 bits per heavy atom. The largest absolute Gasteiger partial charge is 0.367 e. The maximum absolute atomic E-state index is 12.3. The number of carbonyl (C=O) groups is 1. The molecule has 0 aliphatic carbocycles. The van der Waals surface area contributed by atoms with Gasteiger partial charge in [0, 0.05) is 13.0 Å². The molecule has 2 aliphatic heterocycles. The Morgan fingerprint density at radius 2 is 2.00 bits per heavy atom. The van der Waals surface area contributed by atoms with Crippen LogP contribution < -0.4 is 10.6 Å². The van der Waals surface area contributed by atoms with Crippen molar-refractivity contribution in [2.75, 3.05) is 6.54 Å². The predicted octanol–water partition coefficient (Wildman–Crippen LogP) is 1.19. The Morgan fingerprint density at radius 3 is 2.50 bits per heavy atom. The van der Waals surface area contributed by atoms with E-state index in [1.165, 1.54) is 0 Å². The molecule has 0 aromatic rings. The molecule has 1 unspecified atom stereocenters. The molecule has 0 aromatic heterocycles. The van der Waals surface area contributed by atoms with E-state index in [1.807, 2.05) is 27.7 Å². The summed E-state index contributed by atoms with van der Waals surface area (Å²) in [5.74, 6) is 0.546. The van der Waals surface area contributed by atoms with Crippen molar-refractivity contribution in [2.24, 2.45) is 4.99 Å². The first-order chi connectivity index (χ1) is 8.22. The van der Waals surface area contributed by atoms with Gasteiger partial charge in [-0.3, -0.25) is 15.1 Å². The molecule has 2 rings (SSSR count). The van der Waals surface area contributed by atoms with Gasteiger partial charge in [-0.05, 0) is 34.1 Å². The molecule has 1 amide bonds. The first-order valence-corrected chi connectivity index (χ1v) is 6.57. The highest BCUT2D eigenvalue weighted by Gasteiger charge is 2.64. The number of hydrogen-bond donors (Lipinski definition) is 2. The second kappa shape index (κ2) is 3.95. The average Bonchev–Trinajstić information content (AvgIpc) is 2.60. The molecule has 1 atom stereocenters. The zero-order chi connectivity index (χ0) is 13.6. The molecule has 2 fully saturated rings. The van der Waals surface area contributed by atoms with Gasteiger partial charge in [-0.15, -0.1) is 0 Å². The van der Waals surface area contributed by atoms with Gasteiger partial charge in [-0.1, -0.05) is 6.92 Å². The van der Waals surface area contributed by atoms with E-state index < -0.39 is 11.1 Å². The molecule has 1 spiro atoms. The third-order valence-electron chi connectivity index (χ3n) is 3.69. The number of rotatable bonds is 2. The number of guanidine groups is 1. The van der Waals surface area contributed by atoms with E-state index in [0.29, 0.717) is 18.9 Å².